The SMILES string of the molecule is CC(C)[C@@](Cn1cncn1)(c1ccc(F)cc1F)[C@@H](C)c1ccc(-c2cccn2C)cc1. The molecule has 0 bridgehead atoms. The molecule has 0 unspecified atom stereocenters. The minimum atomic E-state index is -0.669. The predicted octanol–water partition coefficient (Wildman–Crippen LogP) is 5.96. The van der Waals surface area contributed by atoms with Gasteiger partial charge in [0.2, 0.25) is 0 Å². The lowest BCUT2D eigenvalue weighted by atomic mass is 9.61. The van der Waals surface area contributed by atoms with Gasteiger partial charge in [-0.15, -0.1) is 0 Å². The molecule has 4 rings (SSSR count). The van der Waals surface area contributed by atoms with Crippen LogP contribution >= 0.6 is 0 Å². The predicted molar refractivity (Wildman–Crippen MR) is 122 cm³/mol. The normalized spacial score (nSPS) is 14.5. The zero-order valence-electron chi connectivity index (χ0n) is 18.8. The van der Waals surface area contributed by atoms with Crippen LogP contribution < -0.4 is 0 Å². The van der Waals surface area contributed by atoms with Crippen LogP contribution in [0.3, 0.4) is 0 Å². The van der Waals surface area contributed by atoms with Crippen molar-refractivity contribution in [3.63, 3.8) is 0 Å². The Balaban J connectivity index is 1.82. The summed E-state index contributed by atoms with van der Waals surface area (Å²) in [7, 11) is 2.02. The first-order valence-electron chi connectivity index (χ1n) is 10.8. The third-order valence-electron chi connectivity index (χ3n) is 6.78. The standard InChI is InChI=1S/C26H28F2N4/c1-18(2)26(15-32-17-29-16-30-32,23-12-11-22(27)14-24(23)28)19(3)20-7-9-21(10-8-20)25-6-5-13-31(25)4/h5-14,16-19H,15H2,1-4H3/t19-,26+/m0/s1. The van der Waals surface area contributed by atoms with E-state index in [9.17, 15) is 4.39 Å². The molecule has 0 N–H and O–H groups in total. The van der Waals surface area contributed by atoms with E-state index in [4.69, 9.17) is 0 Å². The van der Waals surface area contributed by atoms with Crippen LogP contribution in [0, 0.1) is 17.6 Å². The molecule has 6 heteroatoms. The lowest BCUT2D eigenvalue weighted by Crippen LogP contribution is -2.43. The van der Waals surface area contributed by atoms with Gasteiger partial charge in [-0.25, -0.2) is 13.8 Å². The highest BCUT2D eigenvalue weighted by atomic mass is 19.1. The first-order valence-corrected chi connectivity index (χ1v) is 10.8. The van der Waals surface area contributed by atoms with Crippen molar-refractivity contribution in [3.8, 4) is 11.3 Å². The van der Waals surface area contributed by atoms with E-state index in [1.807, 2.05) is 19.3 Å². The van der Waals surface area contributed by atoms with Crippen molar-refractivity contribution in [2.24, 2.45) is 13.0 Å². The maximum atomic E-state index is 15.2. The zero-order valence-corrected chi connectivity index (χ0v) is 18.8. The van der Waals surface area contributed by atoms with Crippen molar-refractivity contribution in [2.45, 2.75) is 38.6 Å². The Hall–Kier alpha value is -3.28. The molecule has 0 saturated heterocycles. The Labute approximate surface area is 187 Å². The fourth-order valence-electron chi connectivity index (χ4n) is 4.90. The summed E-state index contributed by atoms with van der Waals surface area (Å²) in [5.74, 6) is -1.15. The fourth-order valence-corrected chi connectivity index (χ4v) is 4.90. The summed E-state index contributed by atoms with van der Waals surface area (Å²) in [6, 6.07) is 16.4. The van der Waals surface area contributed by atoms with Gasteiger partial charge >= 0.3 is 0 Å². The van der Waals surface area contributed by atoms with Gasteiger partial charge in [0.15, 0.2) is 0 Å². The van der Waals surface area contributed by atoms with Gasteiger partial charge in [-0.3, -0.25) is 4.68 Å². The molecule has 2 aromatic carbocycles. The molecule has 0 aliphatic rings. The average Bonchev–Trinajstić information content (AvgIpc) is 3.43. The van der Waals surface area contributed by atoms with Crippen LogP contribution in [0.25, 0.3) is 11.3 Å². The number of benzene rings is 2. The molecule has 0 spiro atoms. The van der Waals surface area contributed by atoms with Crippen molar-refractivity contribution >= 4 is 0 Å². The monoisotopic (exact) mass is 434 g/mol. The summed E-state index contributed by atoms with van der Waals surface area (Å²) in [4.78, 5) is 4.07. The molecular formula is C26H28F2N4. The Morgan fingerprint density at radius 2 is 1.75 bits per heavy atom. The average molecular weight is 435 g/mol. The summed E-state index contributed by atoms with van der Waals surface area (Å²) in [5, 5.41) is 4.30. The second-order valence-corrected chi connectivity index (χ2v) is 8.76. The number of halogens is 2. The van der Waals surface area contributed by atoms with Crippen LogP contribution in [-0.2, 0) is 19.0 Å². The molecule has 0 aliphatic heterocycles. The van der Waals surface area contributed by atoms with Crippen LogP contribution in [0.4, 0.5) is 8.78 Å². The van der Waals surface area contributed by atoms with Gasteiger partial charge < -0.3 is 4.57 Å². The highest BCUT2D eigenvalue weighted by molar-refractivity contribution is 5.60. The van der Waals surface area contributed by atoms with Crippen molar-refractivity contribution in [3.05, 3.63) is 96.2 Å². The molecule has 0 radical (unpaired) electrons. The second-order valence-electron chi connectivity index (χ2n) is 8.76. The van der Waals surface area contributed by atoms with E-state index >= 15 is 4.39 Å². The molecule has 4 aromatic rings. The van der Waals surface area contributed by atoms with Crippen molar-refractivity contribution in [2.75, 3.05) is 0 Å². The molecular weight excluding hydrogens is 406 g/mol. The minimum Gasteiger partial charge on any atom is -0.351 e. The van der Waals surface area contributed by atoms with E-state index in [1.54, 1.807) is 17.1 Å². The number of aryl methyl sites for hydroxylation is 1. The lowest BCUT2D eigenvalue weighted by Gasteiger charge is -2.43. The van der Waals surface area contributed by atoms with Gasteiger partial charge in [-0.2, -0.15) is 5.10 Å². The highest BCUT2D eigenvalue weighted by Gasteiger charge is 2.44. The van der Waals surface area contributed by atoms with Crippen LogP contribution in [0.1, 0.15) is 37.8 Å². The molecule has 166 valence electrons. The van der Waals surface area contributed by atoms with Crippen LogP contribution in [0.5, 0.6) is 0 Å². The molecule has 4 nitrogen and oxygen atoms in total. The van der Waals surface area contributed by atoms with Gasteiger partial charge in [0, 0.05) is 30.4 Å². The third kappa shape index (κ3) is 3.85. The Kier molecular flexibility index (Phi) is 5.96. The first-order chi connectivity index (χ1) is 15.3. The molecule has 32 heavy (non-hydrogen) atoms. The van der Waals surface area contributed by atoms with E-state index < -0.39 is 17.0 Å². The Morgan fingerprint density at radius 1 is 1.00 bits per heavy atom. The first kappa shape index (κ1) is 21.9. The quantitative estimate of drug-likeness (QED) is 0.360. The molecule has 0 saturated carbocycles. The van der Waals surface area contributed by atoms with Gasteiger partial charge in [0.05, 0.1) is 6.54 Å². The number of hydrogen-bond acceptors (Lipinski definition) is 2. The van der Waals surface area contributed by atoms with Gasteiger partial charge in [0.25, 0.3) is 0 Å². The molecule has 2 heterocycles. The number of nitrogens with zero attached hydrogens (tertiary/aromatic N) is 4. The van der Waals surface area contributed by atoms with Crippen molar-refractivity contribution < 1.29 is 8.78 Å². The minimum absolute atomic E-state index is 0.0363. The highest BCUT2D eigenvalue weighted by Crippen LogP contribution is 2.47. The molecule has 2 atom stereocenters. The smallest absolute Gasteiger partial charge is 0.137 e. The molecule has 0 fully saturated rings. The van der Waals surface area contributed by atoms with Crippen molar-refractivity contribution in [1.82, 2.24) is 19.3 Å². The second kappa shape index (κ2) is 8.69. The number of hydrogen-bond donors (Lipinski definition) is 0. The largest absolute Gasteiger partial charge is 0.351 e. The molecule has 2 aromatic heterocycles. The molecule has 0 aliphatic carbocycles. The fraction of sp³-hybridized carbons (Fsp3) is 0.308. The summed E-state index contributed by atoms with van der Waals surface area (Å²) in [5.41, 5.74) is 3.15. The van der Waals surface area contributed by atoms with E-state index in [0.717, 1.165) is 22.9 Å². The van der Waals surface area contributed by atoms with Crippen LogP contribution in [0.15, 0.2) is 73.4 Å². The lowest BCUT2D eigenvalue weighted by molar-refractivity contribution is 0.205. The number of aromatic nitrogens is 4. The Bertz CT molecular complexity index is 1180. The third-order valence-corrected chi connectivity index (χ3v) is 6.78. The van der Waals surface area contributed by atoms with Crippen molar-refractivity contribution in [1.29, 1.82) is 0 Å². The van der Waals surface area contributed by atoms with Gasteiger partial charge in [0.1, 0.15) is 24.3 Å². The van der Waals surface area contributed by atoms with E-state index in [-0.39, 0.29) is 11.8 Å². The maximum Gasteiger partial charge on any atom is 0.137 e. The van der Waals surface area contributed by atoms with E-state index in [1.165, 1.54) is 12.4 Å². The Morgan fingerprint density at radius 3 is 2.31 bits per heavy atom. The zero-order chi connectivity index (χ0) is 22.9. The summed E-state index contributed by atoms with van der Waals surface area (Å²) >= 11 is 0. The number of rotatable bonds is 7. The molecule has 0 amide bonds. The summed E-state index contributed by atoms with van der Waals surface area (Å²) in [6.45, 7) is 6.69. The van der Waals surface area contributed by atoms with E-state index in [0.29, 0.717) is 12.1 Å². The summed E-state index contributed by atoms with van der Waals surface area (Å²) < 4.78 is 32.8. The van der Waals surface area contributed by atoms with Crippen LogP contribution in [-0.4, -0.2) is 19.3 Å². The van der Waals surface area contributed by atoms with E-state index in [2.05, 4.69) is 65.8 Å². The van der Waals surface area contributed by atoms with Gasteiger partial charge in [-0.1, -0.05) is 51.1 Å². The maximum absolute atomic E-state index is 15.2. The topological polar surface area (TPSA) is 35.6 Å². The summed E-state index contributed by atoms with van der Waals surface area (Å²) in [6.07, 6.45) is 5.14. The van der Waals surface area contributed by atoms with Crippen LogP contribution in [0.2, 0.25) is 0 Å². The van der Waals surface area contributed by atoms with Gasteiger partial charge in [-0.05, 0) is 46.7 Å².